The van der Waals surface area contributed by atoms with Gasteiger partial charge >= 0.3 is 11.7 Å². The molecule has 0 N–H and O–H groups in total. The highest BCUT2D eigenvalue weighted by molar-refractivity contribution is 7.16. The first kappa shape index (κ1) is 25.5. The smallest absolute Gasteiger partial charge is 0.353 e. The van der Waals surface area contributed by atoms with Crippen molar-refractivity contribution in [3.63, 3.8) is 0 Å². The summed E-state index contributed by atoms with van der Waals surface area (Å²) in [4.78, 5) is 19.2. The second kappa shape index (κ2) is 11.0. The fraction of sp³-hybridized carbons (Fsp3) is 0.269. The molecule has 0 unspecified atom stereocenters. The van der Waals surface area contributed by atoms with Crippen LogP contribution >= 0.6 is 22.9 Å². The minimum absolute atomic E-state index is 0.213. The van der Waals surface area contributed by atoms with Crippen LogP contribution in [0.25, 0.3) is 5.69 Å². The summed E-state index contributed by atoms with van der Waals surface area (Å²) in [6, 6.07) is 15.5. The number of thiophene rings is 1. The van der Waals surface area contributed by atoms with Gasteiger partial charge in [0, 0.05) is 23.1 Å². The number of hydrogen-bond donors (Lipinski definition) is 0. The van der Waals surface area contributed by atoms with E-state index in [2.05, 4.69) is 10.3 Å². The Balaban J connectivity index is 1.51. The summed E-state index contributed by atoms with van der Waals surface area (Å²) in [5, 5.41) is 8.42. The maximum absolute atomic E-state index is 12.6. The molecule has 0 atom stereocenters. The SMILES string of the molecule is COc1nn(C)c(=O)n1-c1ccccc1COc1cc(C)c(/C(C)=N/OCc2ccc(Cl)s2)cc1C. The van der Waals surface area contributed by atoms with Crippen LogP contribution in [0.5, 0.6) is 11.8 Å². The quantitative estimate of drug-likeness (QED) is 0.214. The first-order valence-corrected chi connectivity index (χ1v) is 12.4. The van der Waals surface area contributed by atoms with E-state index >= 15 is 0 Å². The van der Waals surface area contributed by atoms with Crippen molar-refractivity contribution >= 4 is 28.6 Å². The summed E-state index contributed by atoms with van der Waals surface area (Å²) < 4.78 is 14.9. The number of nitrogens with zero attached hydrogens (tertiary/aromatic N) is 4. The maximum Gasteiger partial charge on any atom is 0.353 e. The third kappa shape index (κ3) is 5.47. The number of benzene rings is 2. The molecule has 10 heteroatoms. The number of methoxy groups -OCH3 is 1. The molecular formula is C26H27ClN4O4S. The fourth-order valence-electron chi connectivity index (χ4n) is 3.79. The van der Waals surface area contributed by atoms with Crippen LogP contribution in [0.4, 0.5) is 0 Å². The maximum atomic E-state index is 12.6. The normalized spacial score (nSPS) is 11.6. The zero-order valence-corrected chi connectivity index (χ0v) is 22.3. The van der Waals surface area contributed by atoms with Gasteiger partial charge in [0.2, 0.25) is 0 Å². The van der Waals surface area contributed by atoms with E-state index in [0.717, 1.165) is 42.9 Å². The lowest BCUT2D eigenvalue weighted by molar-refractivity contribution is 0.133. The van der Waals surface area contributed by atoms with Crippen molar-refractivity contribution in [1.29, 1.82) is 0 Å². The van der Waals surface area contributed by atoms with Crippen molar-refractivity contribution in [1.82, 2.24) is 14.3 Å². The van der Waals surface area contributed by atoms with Gasteiger partial charge in [0.1, 0.15) is 12.4 Å². The molecule has 0 bridgehead atoms. The van der Waals surface area contributed by atoms with Gasteiger partial charge in [0.15, 0.2) is 6.61 Å². The summed E-state index contributed by atoms with van der Waals surface area (Å²) in [7, 11) is 3.07. The van der Waals surface area contributed by atoms with Crippen LogP contribution in [0.3, 0.4) is 0 Å². The second-order valence-corrected chi connectivity index (χ2v) is 10.0. The molecule has 4 aromatic rings. The van der Waals surface area contributed by atoms with Gasteiger partial charge in [-0.2, -0.15) is 0 Å². The summed E-state index contributed by atoms with van der Waals surface area (Å²) >= 11 is 7.44. The Hall–Kier alpha value is -3.56. The van der Waals surface area contributed by atoms with Crippen molar-refractivity contribution in [2.45, 2.75) is 34.0 Å². The number of halogens is 1. The van der Waals surface area contributed by atoms with E-state index in [-0.39, 0.29) is 18.3 Å². The van der Waals surface area contributed by atoms with Gasteiger partial charge in [-0.1, -0.05) is 35.0 Å². The lowest BCUT2D eigenvalue weighted by Crippen LogP contribution is -2.22. The average Bonchev–Trinajstić information content (AvgIpc) is 3.41. The number of ether oxygens (including phenoxy) is 2. The van der Waals surface area contributed by atoms with Crippen LogP contribution < -0.4 is 15.2 Å². The molecule has 0 spiro atoms. The molecule has 0 amide bonds. The van der Waals surface area contributed by atoms with E-state index in [0.29, 0.717) is 12.3 Å². The Morgan fingerprint density at radius 1 is 1.11 bits per heavy atom. The van der Waals surface area contributed by atoms with Crippen molar-refractivity contribution in [3.05, 3.63) is 90.5 Å². The molecule has 0 aliphatic rings. The molecule has 2 aromatic carbocycles. The van der Waals surface area contributed by atoms with Crippen LogP contribution in [-0.2, 0) is 25.1 Å². The number of aryl methyl sites for hydroxylation is 3. The highest BCUT2D eigenvalue weighted by Crippen LogP contribution is 2.26. The average molecular weight is 527 g/mol. The van der Waals surface area contributed by atoms with Gasteiger partial charge < -0.3 is 14.3 Å². The summed E-state index contributed by atoms with van der Waals surface area (Å²) in [6.45, 7) is 6.55. The van der Waals surface area contributed by atoms with Gasteiger partial charge in [0.05, 0.1) is 22.8 Å². The number of para-hydroxylation sites is 1. The second-order valence-electron chi connectivity index (χ2n) is 8.23. The first-order valence-electron chi connectivity index (χ1n) is 11.2. The summed E-state index contributed by atoms with van der Waals surface area (Å²) in [6.07, 6.45) is 0. The van der Waals surface area contributed by atoms with E-state index in [4.69, 9.17) is 25.9 Å². The molecule has 0 aliphatic carbocycles. The molecule has 36 heavy (non-hydrogen) atoms. The van der Waals surface area contributed by atoms with Crippen LogP contribution in [0.2, 0.25) is 4.34 Å². The number of oxime groups is 1. The molecule has 8 nitrogen and oxygen atoms in total. The van der Waals surface area contributed by atoms with Crippen LogP contribution in [0.15, 0.2) is 58.5 Å². The van der Waals surface area contributed by atoms with Crippen LogP contribution in [-0.4, -0.2) is 27.2 Å². The van der Waals surface area contributed by atoms with Gasteiger partial charge in [-0.3, -0.25) is 0 Å². The minimum atomic E-state index is -0.296. The van der Waals surface area contributed by atoms with Crippen molar-refractivity contribution < 1.29 is 14.3 Å². The van der Waals surface area contributed by atoms with Gasteiger partial charge in [-0.15, -0.1) is 16.4 Å². The first-order chi connectivity index (χ1) is 17.3. The Morgan fingerprint density at radius 2 is 1.89 bits per heavy atom. The predicted molar refractivity (Wildman–Crippen MR) is 142 cm³/mol. The van der Waals surface area contributed by atoms with E-state index in [9.17, 15) is 4.79 Å². The van der Waals surface area contributed by atoms with Crippen LogP contribution in [0, 0.1) is 13.8 Å². The minimum Gasteiger partial charge on any atom is -0.489 e. The third-order valence-corrected chi connectivity index (χ3v) is 6.85. The summed E-state index contributed by atoms with van der Waals surface area (Å²) in [5.74, 6) is 0.749. The monoisotopic (exact) mass is 526 g/mol. The molecule has 188 valence electrons. The van der Waals surface area contributed by atoms with Gasteiger partial charge in [-0.05, 0) is 62.2 Å². The standard InChI is InChI=1S/C26H27ClN4O4S/c1-16-13-23(17(2)12-21(16)18(3)29-35-15-20-10-11-24(27)36-20)34-14-19-8-6-7-9-22(19)31-25(33-5)28-30(4)26(31)32/h6-13H,14-15H2,1-5H3/b29-18+. The van der Waals surface area contributed by atoms with E-state index in [1.807, 2.05) is 69.3 Å². The molecule has 2 heterocycles. The molecule has 4 rings (SSSR count). The molecule has 0 fully saturated rings. The van der Waals surface area contributed by atoms with Gasteiger partial charge in [0.25, 0.3) is 0 Å². The lowest BCUT2D eigenvalue weighted by atomic mass is 10.0. The highest BCUT2D eigenvalue weighted by Gasteiger charge is 2.17. The number of rotatable bonds is 9. The Labute approximate surface area is 218 Å². The van der Waals surface area contributed by atoms with Gasteiger partial charge in [-0.25, -0.2) is 14.0 Å². The molecule has 2 aromatic heterocycles. The lowest BCUT2D eigenvalue weighted by Gasteiger charge is -2.15. The molecule has 0 saturated heterocycles. The fourth-order valence-corrected chi connectivity index (χ4v) is 4.79. The zero-order chi connectivity index (χ0) is 25.8. The van der Waals surface area contributed by atoms with E-state index in [1.165, 1.54) is 27.7 Å². The topological polar surface area (TPSA) is 79.9 Å². The Bertz CT molecular complexity index is 1470. The third-order valence-electron chi connectivity index (χ3n) is 5.64. The summed E-state index contributed by atoms with van der Waals surface area (Å²) in [5.41, 5.74) is 4.92. The Kier molecular flexibility index (Phi) is 7.81. The van der Waals surface area contributed by atoms with Crippen molar-refractivity contribution in [2.24, 2.45) is 12.2 Å². The number of aromatic nitrogens is 3. The molecular weight excluding hydrogens is 500 g/mol. The largest absolute Gasteiger partial charge is 0.489 e. The van der Waals surface area contributed by atoms with Crippen molar-refractivity contribution in [2.75, 3.05) is 7.11 Å². The number of hydrogen-bond acceptors (Lipinski definition) is 7. The zero-order valence-electron chi connectivity index (χ0n) is 20.7. The van der Waals surface area contributed by atoms with E-state index in [1.54, 1.807) is 7.05 Å². The Morgan fingerprint density at radius 3 is 2.61 bits per heavy atom. The predicted octanol–water partition coefficient (Wildman–Crippen LogP) is 5.43. The van der Waals surface area contributed by atoms with E-state index < -0.39 is 0 Å². The van der Waals surface area contributed by atoms with Crippen LogP contribution in [0.1, 0.15) is 34.1 Å². The molecule has 0 radical (unpaired) electrons. The molecule has 0 aliphatic heterocycles. The highest BCUT2D eigenvalue weighted by atomic mass is 35.5. The van der Waals surface area contributed by atoms with Crippen molar-refractivity contribution in [3.8, 4) is 17.4 Å². The molecule has 0 saturated carbocycles.